The lowest BCUT2D eigenvalue weighted by Crippen LogP contribution is -2.41. The van der Waals surface area contributed by atoms with E-state index in [9.17, 15) is 8.42 Å². The highest BCUT2D eigenvalue weighted by Gasteiger charge is 2.37. The van der Waals surface area contributed by atoms with E-state index in [2.05, 4.69) is 23.9 Å². The number of rotatable bonds is 6. The van der Waals surface area contributed by atoms with Crippen molar-refractivity contribution in [1.82, 2.24) is 14.6 Å². The van der Waals surface area contributed by atoms with Crippen LogP contribution < -0.4 is 10.0 Å². The minimum absolute atomic E-state index is 0.0277. The molecular weight excluding hydrogens is 286 g/mol. The fourth-order valence-electron chi connectivity index (χ4n) is 2.95. The summed E-state index contributed by atoms with van der Waals surface area (Å²) in [6.07, 6.45) is 4.77. The summed E-state index contributed by atoms with van der Waals surface area (Å²) in [6.45, 7) is 7.84. The Morgan fingerprint density at radius 3 is 2.71 bits per heavy atom. The molecule has 2 rings (SSSR count). The van der Waals surface area contributed by atoms with Gasteiger partial charge in [0.1, 0.15) is 0 Å². The number of aryl methyl sites for hydroxylation is 1. The van der Waals surface area contributed by atoms with Gasteiger partial charge >= 0.3 is 0 Å². The van der Waals surface area contributed by atoms with Gasteiger partial charge in [0.15, 0.2) is 0 Å². The first kappa shape index (κ1) is 16.5. The van der Waals surface area contributed by atoms with Gasteiger partial charge in [0, 0.05) is 31.5 Å². The van der Waals surface area contributed by atoms with Gasteiger partial charge in [0.05, 0.1) is 4.90 Å². The maximum atomic E-state index is 12.6. The molecule has 0 aromatic carbocycles. The molecule has 1 atom stereocenters. The van der Waals surface area contributed by atoms with Crippen molar-refractivity contribution in [3.8, 4) is 0 Å². The van der Waals surface area contributed by atoms with E-state index >= 15 is 0 Å². The van der Waals surface area contributed by atoms with E-state index in [4.69, 9.17) is 0 Å². The predicted octanol–water partition coefficient (Wildman–Crippen LogP) is 1.99. The molecule has 0 radical (unpaired) electrons. The van der Waals surface area contributed by atoms with Crippen LogP contribution in [-0.4, -0.2) is 25.6 Å². The Morgan fingerprint density at radius 1 is 1.43 bits per heavy atom. The molecule has 0 bridgehead atoms. The van der Waals surface area contributed by atoms with E-state index in [1.54, 1.807) is 12.3 Å². The second-order valence-electron chi connectivity index (χ2n) is 6.61. The minimum Gasteiger partial charge on any atom is -0.352 e. The maximum Gasteiger partial charge on any atom is 0.242 e. The number of hydrogen-bond donors (Lipinski definition) is 2. The number of nitrogens with zero attached hydrogens (tertiary/aromatic N) is 1. The summed E-state index contributed by atoms with van der Waals surface area (Å²) in [7, 11) is -1.56. The first-order valence-electron chi connectivity index (χ1n) is 7.64. The van der Waals surface area contributed by atoms with Crippen molar-refractivity contribution in [2.75, 3.05) is 6.54 Å². The highest BCUT2D eigenvalue weighted by atomic mass is 32.2. The molecule has 0 spiro atoms. The number of sulfonamides is 1. The highest BCUT2D eigenvalue weighted by Crippen LogP contribution is 2.37. The predicted molar refractivity (Wildman–Crippen MR) is 84.5 cm³/mol. The normalized spacial score (nSPS) is 21.8. The largest absolute Gasteiger partial charge is 0.352 e. The van der Waals surface area contributed by atoms with Gasteiger partial charge in [-0.1, -0.05) is 27.2 Å². The van der Waals surface area contributed by atoms with Crippen molar-refractivity contribution < 1.29 is 8.42 Å². The summed E-state index contributed by atoms with van der Waals surface area (Å²) < 4.78 is 29.9. The van der Waals surface area contributed by atoms with Crippen LogP contribution in [0, 0.1) is 5.41 Å². The van der Waals surface area contributed by atoms with Crippen molar-refractivity contribution in [2.24, 2.45) is 12.5 Å². The Morgan fingerprint density at radius 2 is 2.14 bits per heavy atom. The van der Waals surface area contributed by atoms with Gasteiger partial charge in [-0.15, -0.1) is 0 Å². The molecule has 1 saturated carbocycles. The molecule has 0 saturated heterocycles. The number of nitrogens with one attached hydrogen (secondary N) is 2. The molecule has 120 valence electrons. The van der Waals surface area contributed by atoms with Crippen molar-refractivity contribution in [3.63, 3.8) is 0 Å². The Labute approximate surface area is 128 Å². The SMILES string of the molecule is CCNCc1cc(S(=O)(=O)NC2CCCC2(C)C)cn1C. The van der Waals surface area contributed by atoms with E-state index < -0.39 is 10.0 Å². The second kappa shape index (κ2) is 6.10. The number of hydrogen-bond acceptors (Lipinski definition) is 3. The zero-order valence-corrected chi connectivity index (χ0v) is 14.3. The first-order chi connectivity index (χ1) is 9.76. The van der Waals surface area contributed by atoms with Crippen molar-refractivity contribution in [3.05, 3.63) is 18.0 Å². The van der Waals surface area contributed by atoms with E-state index in [0.717, 1.165) is 31.5 Å². The molecule has 1 aliphatic carbocycles. The molecule has 0 amide bonds. The van der Waals surface area contributed by atoms with E-state index in [-0.39, 0.29) is 11.5 Å². The molecule has 1 fully saturated rings. The quantitative estimate of drug-likeness (QED) is 0.844. The van der Waals surface area contributed by atoms with Gasteiger partial charge in [-0.3, -0.25) is 0 Å². The Bertz CT molecular complexity index is 590. The lowest BCUT2D eigenvalue weighted by Gasteiger charge is -2.27. The molecule has 1 unspecified atom stereocenters. The summed E-state index contributed by atoms with van der Waals surface area (Å²) in [5.41, 5.74) is 1.01. The van der Waals surface area contributed by atoms with E-state index in [0.29, 0.717) is 11.4 Å². The first-order valence-corrected chi connectivity index (χ1v) is 9.13. The summed E-state index contributed by atoms with van der Waals surface area (Å²) in [5, 5.41) is 3.22. The van der Waals surface area contributed by atoms with Gasteiger partial charge in [0.2, 0.25) is 10.0 Å². The number of aromatic nitrogens is 1. The third kappa shape index (κ3) is 3.67. The smallest absolute Gasteiger partial charge is 0.242 e. The van der Waals surface area contributed by atoms with E-state index in [1.807, 2.05) is 18.5 Å². The third-order valence-electron chi connectivity index (χ3n) is 4.50. The average molecular weight is 313 g/mol. The lowest BCUT2D eigenvalue weighted by molar-refractivity contribution is 0.313. The zero-order chi connectivity index (χ0) is 15.7. The van der Waals surface area contributed by atoms with Crippen molar-refractivity contribution in [2.45, 2.75) is 57.5 Å². The molecule has 2 N–H and O–H groups in total. The second-order valence-corrected chi connectivity index (χ2v) is 8.33. The third-order valence-corrected chi connectivity index (χ3v) is 5.94. The van der Waals surface area contributed by atoms with E-state index in [1.165, 1.54) is 0 Å². The molecule has 5 nitrogen and oxygen atoms in total. The van der Waals surface area contributed by atoms with Crippen LogP contribution in [0.4, 0.5) is 0 Å². The van der Waals surface area contributed by atoms with Crippen molar-refractivity contribution in [1.29, 1.82) is 0 Å². The molecular formula is C15H27N3O2S. The minimum atomic E-state index is -3.44. The van der Waals surface area contributed by atoms with Crippen LogP contribution in [0.2, 0.25) is 0 Å². The van der Waals surface area contributed by atoms with Crippen LogP contribution in [0.25, 0.3) is 0 Å². The molecule has 1 aliphatic rings. The standard InChI is InChI=1S/C15H27N3O2S/c1-5-16-10-12-9-13(11-18(12)4)21(19,20)17-14-7-6-8-15(14,2)3/h9,11,14,16-17H,5-8,10H2,1-4H3. The van der Waals surface area contributed by atoms with Crippen LogP contribution in [-0.2, 0) is 23.6 Å². The van der Waals surface area contributed by atoms with Gasteiger partial charge in [-0.2, -0.15) is 0 Å². The maximum absolute atomic E-state index is 12.6. The van der Waals surface area contributed by atoms with Crippen molar-refractivity contribution >= 4 is 10.0 Å². The van der Waals surface area contributed by atoms with Crippen LogP contribution in [0.3, 0.4) is 0 Å². The fraction of sp³-hybridized carbons (Fsp3) is 0.733. The Hall–Kier alpha value is -0.850. The van der Waals surface area contributed by atoms with Crippen LogP contribution in [0.5, 0.6) is 0 Å². The fourth-order valence-corrected chi connectivity index (χ4v) is 4.49. The Balaban J connectivity index is 2.16. The van der Waals surface area contributed by atoms with Gasteiger partial charge in [-0.25, -0.2) is 13.1 Å². The molecule has 0 aliphatic heterocycles. The molecule has 21 heavy (non-hydrogen) atoms. The van der Waals surface area contributed by atoms with Gasteiger partial charge in [0.25, 0.3) is 0 Å². The monoisotopic (exact) mass is 313 g/mol. The van der Waals surface area contributed by atoms with Crippen LogP contribution >= 0.6 is 0 Å². The highest BCUT2D eigenvalue weighted by molar-refractivity contribution is 7.89. The van der Waals surface area contributed by atoms with Crippen LogP contribution in [0.15, 0.2) is 17.2 Å². The molecule has 1 aromatic heterocycles. The Kier molecular flexibility index (Phi) is 4.80. The van der Waals surface area contributed by atoms with Gasteiger partial charge in [-0.05, 0) is 30.9 Å². The molecule has 6 heteroatoms. The van der Waals surface area contributed by atoms with Crippen LogP contribution in [0.1, 0.15) is 45.7 Å². The zero-order valence-electron chi connectivity index (χ0n) is 13.4. The molecule has 1 aromatic rings. The summed E-state index contributed by atoms with van der Waals surface area (Å²) in [5.74, 6) is 0. The summed E-state index contributed by atoms with van der Waals surface area (Å²) in [4.78, 5) is 0.362. The summed E-state index contributed by atoms with van der Waals surface area (Å²) >= 11 is 0. The molecule has 1 heterocycles. The van der Waals surface area contributed by atoms with Gasteiger partial charge < -0.3 is 9.88 Å². The summed E-state index contributed by atoms with van der Waals surface area (Å²) in [6, 6.07) is 1.78. The lowest BCUT2D eigenvalue weighted by atomic mass is 9.88. The topological polar surface area (TPSA) is 63.1 Å². The average Bonchev–Trinajstić information content (AvgIpc) is 2.91.